The summed E-state index contributed by atoms with van der Waals surface area (Å²) in [6, 6.07) is 8.94. The predicted octanol–water partition coefficient (Wildman–Crippen LogP) is 2.71. The summed E-state index contributed by atoms with van der Waals surface area (Å²) in [7, 11) is 0. The number of amides is 1. The fraction of sp³-hybridized carbons (Fsp3) is 0.533. The highest BCUT2D eigenvalue weighted by atomic mass is 79.9. The van der Waals surface area contributed by atoms with Crippen LogP contribution in [-0.4, -0.2) is 24.5 Å². The summed E-state index contributed by atoms with van der Waals surface area (Å²) in [6.45, 7) is 0.800. The van der Waals surface area contributed by atoms with E-state index in [2.05, 4.69) is 26.6 Å². The van der Waals surface area contributed by atoms with Gasteiger partial charge in [0.1, 0.15) is 0 Å². The molecule has 1 aromatic rings. The van der Waals surface area contributed by atoms with Gasteiger partial charge in [0.05, 0.1) is 5.56 Å². The molecule has 3 nitrogen and oxygen atoms in total. The number of hydrogen-bond donors (Lipinski definition) is 2. The first-order valence-electron chi connectivity index (χ1n) is 7.01. The van der Waals surface area contributed by atoms with Crippen LogP contribution in [0, 0.1) is 5.92 Å². The van der Waals surface area contributed by atoms with Crippen molar-refractivity contribution in [2.45, 2.75) is 37.8 Å². The van der Waals surface area contributed by atoms with Crippen molar-refractivity contribution in [2.75, 3.05) is 6.54 Å². The highest BCUT2D eigenvalue weighted by Gasteiger charge is 2.33. The lowest BCUT2D eigenvalue weighted by Gasteiger charge is -2.29. The van der Waals surface area contributed by atoms with E-state index in [0.29, 0.717) is 18.0 Å². The lowest BCUT2D eigenvalue weighted by molar-refractivity contribution is 0.0941. The van der Waals surface area contributed by atoms with Gasteiger partial charge in [-0.15, -0.1) is 0 Å². The van der Waals surface area contributed by atoms with E-state index in [9.17, 15) is 4.79 Å². The number of fused-ring (bicyclic) bond motifs is 2. The molecule has 0 radical (unpaired) electrons. The molecule has 3 rings (SSSR count). The summed E-state index contributed by atoms with van der Waals surface area (Å²) < 4.78 is 0.859. The second-order valence-electron chi connectivity index (χ2n) is 5.67. The Labute approximate surface area is 122 Å². The van der Waals surface area contributed by atoms with Crippen LogP contribution in [0.25, 0.3) is 0 Å². The van der Waals surface area contributed by atoms with Crippen molar-refractivity contribution in [2.24, 2.45) is 5.92 Å². The topological polar surface area (TPSA) is 41.1 Å². The maximum absolute atomic E-state index is 12.1. The van der Waals surface area contributed by atoms with Crippen LogP contribution in [0.2, 0.25) is 0 Å². The summed E-state index contributed by atoms with van der Waals surface area (Å²) in [5, 5.41) is 6.71. The minimum atomic E-state index is 0.0263. The molecular weight excluding hydrogens is 304 g/mol. The van der Waals surface area contributed by atoms with E-state index in [4.69, 9.17) is 0 Å². The lowest BCUT2D eigenvalue weighted by Crippen LogP contribution is -2.42. The second kappa shape index (κ2) is 5.63. The first-order valence-corrected chi connectivity index (χ1v) is 7.80. The van der Waals surface area contributed by atoms with E-state index in [1.54, 1.807) is 0 Å². The Morgan fingerprint density at radius 3 is 2.63 bits per heavy atom. The zero-order valence-electron chi connectivity index (χ0n) is 10.9. The van der Waals surface area contributed by atoms with E-state index < -0.39 is 0 Å². The van der Waals surface area contributed by atoms with Crippen LogP contribution in [-0.2, 0) is 0 Å². The molecule has 2 bridgehead atoms. The molecule has 0 spiro atoms. The molecule has 2 fully saturated rings. The summed E-state index contributed by atoms with van der Waals surface area (Å²) in [5.74, 6) is 0.656. The summed E-state index contributed by atoms with van der Waals surface area (Å²) in [6.07, 6.45) is 5.01. The first-order chi connectivity index (χ1) is 9.22. The van der Waals surface area contributed by atoms with Crippen molar-refractivity contribution in [1.29, 1.82) is 0 Å². The molecule has 2 aliphatic rings. The van der Waals surface area contributed by atoms with Crippen LogP contribution in [0.15, 0.2) is 28.7 Å². The van der Waals surface area contributed by atoms with Gasteiger partial charge >= 0.3 is 0 Å². The Morgan fingerprint density at radius 2 is 1.95 bits per heavy atom. The van der Waals surface area contributed by atoms with Gasteiger partial charge in [-0.1, -0.05) is 12.1 Å². The molecule has 102 valence electrons. The molecule has 2 atom stereocenters. The molecule has 19 heavy (non-hydrogen) atoms. The van der Waals surface area contributed by atoms with E-state index in [-0.39, 0.29) is 5.91 Å². The van der Waals surface area contributed by atoms with E-state index in [0.717, 1.165) is 16.6 Å². The smallest absolute Gasteiger partial charge is 0.252 e. The standard InChI is InChI=1S/C15H19BrN2O/c16-14-4-2-1-3-13(14)15(19)17-9-10-7-11-5-6-12(8-10)18-11/h1-4,10-12,18H,5-9H2,(H,17,19). The molecule has 2 N–H and O–H groups in total. The largest absolute Gasteiger partial charge is 0.352 e. The maximum atomic E-state index is 12.1. The molecular formula is C15H19BrN2O. The first kappa shape index (κ1) is 13.1. The van der Waals surface area contributed by atoms with Crippen LogP contribution in [0.3, 0.4) is 0 Å². The average molecular weight is 323 g/mol. The predicted molar refractivity (Wildman–Crippen MR) is 79.1 cm³/mol. The number of nitrogens with one attached hydrogen (secondary N) is 2. The molecule has 4 heteroatoms. The van der Waals surface area contributed by atoms with Crippen molar-refractivity contribution in [3.8, 4) is 0 Å². The van der Waals surface area contributed by atoms with E-state index in [1.807, 2.05) is 24.3 Å². The number of carbonyl (C=O) groups is 1. The van der Waals surface area contributed by atoms with Crippen molar-refractivity contribution < 1.29 is 4.79 Å². The molecule has 2 unspecified atom stereocenters. The fourth-order valence-corrected chi connectivity index (χ4v) is 3.78. The van der Waals surface area contributed by atoms with Crippen molar-refractivity contribution in [3.63, 3.8) is 0 Å². The van der Waals surface area contributed by atoms with Gasteiger partial charge in [0.15, 0.2) is 0 Å². The van der Waals surface area contributed by atoms with Crippen molar-refractivity contribution >= 4 is 21.8 Å². The van der Waals surface area contributed by atoms with Crippen molar-refractivity contribution in [3.05, 3.63) is 34.3 Å². The third kappa shape index (κ3) is 3.00. The van der Waals surface area contributed by atoms with E-state index >= 15 is 0 Å². The van der Waals surface area contributed by atoms with Crippen LogP contribution >= 0.6 is 15.9 Å². The molecule has 1 aromatic carbocycles. The minimum Gasteiger partial charge on any atom is -0.352 e. The quantitative estimate of drug-likeness (QED) is 0.898. The normalized spacial score (nSPS) is 29.2. The Balaban J connectivity index is 1.55. The number of hydrogen-bond acceptors (Lipinski definition) is 2. The van der Waals surface area contributed by atoms with Gasteiger partial charge in [0.2, 0.25) is 0 Å². The Hall–Kier alpha value is -0.870. The molecule has 2 saturated heterocycles. The third-order valence-corrected chi connectivity index (χ3v) is 4.93. The summed E-state index contributed by atoms with van der Waals surface area (Å²) in [4.78, 5) is 12.1. The number of rotatable bonds is 3. The van der Waals surface area contributed by atoms with E-state index in [1.165, 1.54) is 25.7 Å². The van der Waals surface area contributed by atoms with Crippen LogP contribution in [0.5, 0.6) is 0 Å². The highest BCUT2D eigenvalue weighted by molar-refractivity contribution is 9.10. The second-order valence-corrected chi connectivity index (χ2v) is 6.52. The summed E-state index contributed by atoms with van der Waals surface area (Å²) in [5.41, 5.74) is 0.722. The van der Waals surface area contributed by atoms with Gasteiger partial charge in [0, 0.05) is 23.1 Å². The van der Waals surface area contributed by atoms with Gasteiger partial charge in [-0.05, 0) is 59.7 Å². The minimum absolute atomic E-state index is 0.0263. The molecule has 0 aromatic heterocycles. The molecule has 1 amide bonds. The molecule has 2 heterocycles. The van der Waals surface area contributed by atoms with Gasteiger partial charge < -0.3 is 10.6 Å². The van der Waals surface area contributed by atoms with Gasteiger partial charge in [0.25, 0.3) is 5.91 Å². The molecule has 2 aliphatic heterocycles. The Morgan fingerprint density at radius 1 is 1.26 bits per heavy atom. The highest BCUT2D eigenvalue weighted by Crippen LogP contribution is 2.30. The zero-order chi connectivity index (χ0) is 13.2. The molecule has 0 saturated carbocycles. The fourth-order valence-electron chi connectivity index (χ4n) is 3.32. The van der Waals surface area contributed by atoms with Crippen LogP contribution < -0.4 is 10.6 Å². The number of piperidine rings is 1. The number of benzene rings is 1. The number of carbonyl (C=O) groups excluding carboxylic acids is 1. The van der Waals surface area contributed by atoms with Gasteiger partial charge in [-0.2, -0.15) is 0 Å². The van der Waals surface area contributed by atoms with Crippen LogP contribution in [0.1, 0.15) is 36.0 Å². The van der Waals surface area contributed by atoms with Gasteiger partial charge in [-0.3, -0.25) is 4.79 Å². The van der Waals surface area contributed by atoms with Crippen molar-refractivity contribution in [1.82, 2.24) is 10.6 Å². The zero-order valence-corrected chi connectivity index (χ0v) is 12.4. The monoisotopic (exact) mass is 322 g/mol. The van der Waals surface area contributed by atoms with Crippen LogP contribution in [0.4, 0.5) is 0 Å². The van der Waals surface area contributed by atoms with Gasteiger partial charge in [-0.25, -0.2) is 0 Å². The Kier molecular flexibility index (Phi) is 3.89. The average Bonchev–Trinajstić information content (AvgIpc) is 2.76. The lowest BCUT2D eigenvalue weighted by atomic mass is 9.92. The molecule has 0 aliphatic carbocycles. The SMILES string of the molecule is O=C(NCC1CC2CCC(C1)N2)c1ccccc1Br. The summed E-state index contributed by atoms with van der Waals surface area (Å²) >= 11 is 3.42. The maximum Gasteiger partial charge on any atom is 0.252 e. The third-order valence-electron chi connectivity index (χ3n) is 4.24. The Bertz CT molecular complexity index is 465. The number of halogens is 1.